The predicted molar refractivity (Wildman–Crippen MR) is 52.6 cm³/mol. The van der Waals surface area contributed by atoms with Crippen LogP contribution in [0, 0.1) is 0 Å². The van der Waals surface area contributed by atoms with Crippen LogP contribution < -0.4 is 5.73 Å². The maximum absolute atomic E-state index is 8.57. The van der Waals surface area contributed by atoms with Gasteiger partial charge in [0.25, 0.3) is 0 Å². The summed E-state index contributed by atoms with van der Waals surface area (Å²) in [7, 11) is 0. The molecule has 14 heavy (non-hydrogen) atoms. The normalized spacial score (nSPS) is 17.4. The Morgan fingerprint density at radius 2 is 2.36 bits per heavy atom. The molecular weight excluding hydrogens is 202 g/mol. The van der Waals surface area contributed by atoms with Gasteiger partial charge in [-0.15, -0.1) is 10.2 Å². The van der Waals surface area contributed by atoms with E-state index in [9.17, 15) is 0 Å². The molecule has 1 aromatic heterocycles. The Kier molecular flexibility index (Phi) is 2.32. The summed E-state index contributed by atoms with van der Waals surface area (Å²) in [5, 5.41) is 20.2. The fourth-order valence-corrected chi connectivity index (χ4v) is 1.85. The van der Waals surface area contributed by atoms with E-state index in [-0.39, 0.29) is 5.84 Å². The molecule has 0 unspecified atom stereocenters. The molecule has 0 bridgehead atoms. The lowest BCUT2D eigenvalue weighted by Crippen LogP contribution is -2.19. The lowest BCUT2D eigenvalue weighted by molar-refractivity contribution is 0.318. The van der Waals surface area contributed by atoms with Crippen LogP contribution in [0.2, 0.25) is 0 Å². The Hall–Kier alpha value is -1.24. The fraction of sp³-hybridized carbons (Fsp3) is 0.571. The van der Waals surface area contributed by atoms with E-state index in [0.717, 1.165) is 18.0 Å². The second-order valence-electron chi connectivity index (χ2n) is 3.10. The van der Waals surface area contributed by atoms with Crippen LogP contribution in [0.3, 0.4) is 0 Å². The standard InChI is InChI=1S/C7H11N5OS/c1-14-7-10-9-6(5(8)11-13)12(7)4-2-3-4/h4,13H,2-3H2,1H3,(H2,8,11). The monoisotopic (exact) mass is 213 g/mol. The summed E-state index contributed by atoms with van der Waals surface area (Å²) >= 11 is 1.51. The molecule has 0 radical (unpaired) electrons. The second kappa shape index (κ2) is 3.49. The van der Waals surface area contributed by atoms with Crippen LogP contribution >= 0.6 is 11.8 Å². The molecule has 0 aliphatic heterocycles. The molecule has 0 aromatic carbocycles. The summed E-state index contributed by atoms with van der Waals surface area (Å²) in [6.45, 7) is 0. The molecule has 1 aliphatic rings. The van der Waals surface area contributed by atoms with Crippen molar-refractivity contribution in [2.75, 3.05) is 6.26 Å². The zero-order valence-electron chi connectivity index (χ0n) is 7.71. The van der Waals surface area contributed by atoms with Gasteiger partial charge in [0.05, 0.1) is 0 Å². The van der Waals surface area contributed by atoms with Crippen LogP contribution in [-0.4, -0.2) is 32.1 Å². The summed E-state index contributed by atoms with van der Waals surface area (Å²) < 4.78 is 1.93. The Morgan fingerprint density at radius 1 is 1.64 bits per heavy atom. The highest BCUT2D eigenvalue weighted by molar-refractivity contribution is 7.98. The van der Waals surface area contributed by atoms with Crippen molar-refractivity contribution in [2.24, 2.45) is 10.9 Å². The second-order valence-corrected chi connectivity index (χ2v) is 3.87. The van der Waals surface area contributed by atoms with Gasteiger partial charge in [0.2, 0.25) is 11.7 Å². The average molecular weight is 213 g/mol. The highest BCUT2D eigenvalue weighted by atomic mass is 32.2. The molecule has 3 N–H and O–H groups in total. The highest BCUT2D eigenvalue weighted by Gasteiger charge is 2.30. The SMILES string of the molecule is CSc1nnc(/C(N)=N/O)n1C1CC1. The van der Waals surface area contributed by atoms with Gasteiger partial charge in [-0.25, -0.2) is 0 Å². The maximum Gasteiger partial charge on any atom is 0.208 e. The molecule has 76 valence electrons. The third-order valence-electron chi connectivity index (χ3n) is 2.10. The van der Waals surface area contributed by atoms with Crippen LogP contribution in [0.15, 0.2) is 10.3 Å². The van der Waals surface area contributed by atoms with E-state index >= 15 is 0 Å². The van der Waals surface area contributed by atoms with E-state index in [1.807, 2.05) is 10.8 Å². The van der Waals surface area contributed by atoms with Crippen molar-refractivity contribution < 1.29 is 5.21 Å². The zero-order valence-corrected chi connectivity index (χ0v) is 8.53. The highest BCUT2D eigenvalue weighted by Crippen LogP contribution is 2.38. The number of amidine groups is 1. The van der Waals surface area contributed by atoms with Crippen molar-refractivity contribution in [1.82, 2.24) is 14.8 Å². The first-order chi connectivity index (χ1) is 6.77. The van der Waals surface area contributed by atoms with Crippen LogP contribution in [0.1, 0.15) is 24.7 Å². The quantitative estimate of drug-likeness (QED) is 0.250. The van der Waals surface area contributed by atoms with Crippen LogP contribution in [-0.2, 0) is 0 Å². The van der Waals surface area contributed by atoms with E-state index in [1.54, 1.807) is 0 Å². The summed E-state index contributed by atoms with van der Waals surface area (Å²) in [4.78, 5) is 0. The molecule has 1 fully saturated rings. The first-order valence-electron chi connectivity index (χ1n) is 4.24. The molecular formula is C7H11N5OS. The molecule has 7 heteroatoms. The number of hydrogen-bond acceptors (Lipinski definition) is 5. The Bertz CT molecular complexity index is 370. The van der Waals surface area contributed by atoms with Crippen molar-refractivity contribution in [3.8, 4) is 0 Å². The average Bonchev–Trinajstić information content (AvgIpc) is 2.96. The van der Waals surface area contributed by atoms with Crippen molar-refractivity contribution in [3.05, 3.63) is 5.82 Å². The van der Waals surface area contributed by atoms with Crippen molar-refractivity contribution in [1.29, 1.82) is 0 Å². The van der Waals surface area contributed by atoms with Crippen molar-refractivity contribution >= 4 is 17.6 Å². The summed E-state index contributed by atoms with van der Waals surface area (Å²) in [5.74, 6) is 0.476. The molecule has 1 saturated carbocycles. The van der Waals surface area contributed by atoms with E-state index in [4.69, 9.17) is 10.9 Å². The lowest BCUT2D eigenvalue weighted by atomic mass is 10.5. The van der Waals surface area contributed by atoms with Gasteiger partial charge in [-0.05, 0) is 19.1 Å². The number of aromatic nitrogens is 3. The Balaban J connectivity index is 2.44. The first-order valence-corrected chi connectivity index (χ1v) is 5.47. The number of oxime groups is 1. The van der Waals surface area contributed by atoms with Gasteiger partial charge in [-0.3, -0.25) is 4.57 Å². The third-order valence-corrected chi connectivity index (χ3v) is 2.74. The molecule has 0 saturated heterocycles. The summed E-state index contributed by atoms with van der Waals surface area (Å²) in [6.07, 6.45) is 4.15. The van der Waals surface area contributed by atoms with Gasteiger partial charge >= 0.3 is 0 Å². The zero-order chi connectivity index (χ0) is 10.1. The van der Waals surface area contributed by atoms with E-state index in [1.165, 1.54) is 11.8 Å². The molecule has 6 nitrogen and oxygen atoms in total. The molecule has 2 rings (SSSR count). The Labute approximate surface area is 85.2 Å². The Morgan fingerprint density at radius 3 is 2.86 bits per heavy atom. The molecule has 0 spiro atoms. The minimum absolute atomic E-state index is 0.0182. The van der Waals surface area contributed by atoms with E-state index in [2.05, 4.69) is 15.4 Å². The molecule has 0 atom stereocenters. The third kappa shape index (κ3) is 1.43. The number of rotatable bonds is 3. The largest absolute Gasteiger partial charge is 0.409 e. The molecule has 1 heterocycles. The topological polar surface area (TPSA) is 89.3 Å². The van der Waals surface area contributed by atoms with Gasteiger partial charge in [-0.2, -0.15) is 0 Å². The number of hydrogen-bond donors (Lipinski definition) is 2. The van der Waals surface area contributed by atoms with Gasteiger partial charge in [0.1, 0.15) is 0 Å². The number of thioether (sulfide) groups is 1. The molecule has 1 aliphatic carbocycles. The lowest BCUT2D eigenvalue weighted by Gasteiger charge is -2.05. The summed E-state index contributed by atoms with van der Waals surface area (Å²) in [6, 6.07) is 0.419. The first kappa shape index (κ1) is 9.32. The van der Waals surface area contributed by atoms with Crippen molar-refractivity contribution in [2.45, 2.75) is 24.0 Å². The number of nitrogens with two attached hydrogens (primary N) is 1. The van der Waals surface area contributed by atoms with Crippen LogP contribution in [0.4, 0.5) is 0 Å². The molecule has 0 amide bonds. The smallest absolute Gasteiger partial charge is 0.208 e. The van der Waals surface area contributed by atoms with Gasteiger partial charge in [-0.1, -0.05) is 16.9 Å². The minimum atomic E-state index is 0.0182. The van der Waals surface area contributed by atoms with Gasteiger partial charge in [0.15, 0.2) is 5.16 Å². The fourth-order valence-electron chi connectivity index (χ4n) is 1.30. The van der Waals surface area contributed by atoms with Gasteiger partial charge in [0, 0.05) is 6.04 Å². The predicted octanol–water partition coefficient (Wildman–Crippen LogP) is 0.429. The summed E-state index contributed by atoms with van der Waals surface area (Å²) in [5.41, 5.74) is 5.50. The van der Waals surface area contributed by atoms with E-state index < -0.39 is 0 Å². The maximum atomic E-state index is 8.57. The van der Waals surface area contributed by atoms with Crippen LogP contribution in [0.5, 0.6) is 0 Å². The van der Waals surface area contributed by atoms with Crippen molar-refractivity contribution in [3.63, 3.8) is 0 Å². The van der Waals surface area contributed by atoms with Crippen LogP contribution in [0.25, 0.3) is 0 Å². The molecule has 1 aromatic rings. The van der Waals surface area contributed by atoms with E-state index in [0.29, 0.717) is 11.9 Å². The minimum Gasteiger partial charge on any atom is -0.409 e. The van der Waals surface area contributed by atoms with Gasteiger partial charge < -0.3 is 10.9 Å². The number of nitrogens with zero attached hydrogens (tertiary/aromatic N) is 4.